The lowest BCUT2D eigenvalue weighted by atomic mass is 9.99. The molecule has 4 aromatic rings. The lowest BCUT2D eigenvalue weighted by Crippen LogP contribution is -2.12. The van der Waals surface area contributed by atoms with Crippen LogP contribution in [0.3, 0.4) is 0 Å². The number of aliphatic imine (C=N–C) groups is 1. The number of rotatable bonds is 5. The van der Waals surface area contributed by atoms with Crippen LogP contribution in [0.1, 0.15) is 51.4 Å². The number of hydrogen-bond acceptors (Lipinski definition) is 8. The van der Waals surface area contributed by atoms with Crippen molar-refractivity contribution in [3.8, 4) is 5.00 Å². The number of aromatic nitrogens is 5. The third-order valence-corrected chi connectivity index (χ3v) is 7.45. The molecule has 3 aromatic heterocycles. The highest BCUT2D eigenvalue weighted by Gasteiger charge is 2.32. The Bertz CT molecular complexity index is 1460. The minimum absolute atomic E-state index is 0.0879. The summed E-state index contributed by atoms with van der Waals surface area (Å²) in [7, 11) is 3.30. The standard InChI is InChI=1S/C25H27N7O2S/c1-13-11-20(31(5)30-13)26-18-9-7-17(8-10-18)23-22-14(2)15(3)35-25(22)32-16(4)28-29-24(32)19(27-23)12-21(33)34-6/h7-11,19,26H,12H2,1-6H3/t19-/m0/s1. The topological polar surface area (TPSA) is 99.2 Å². The summed E-state index contributed by atoms with van der Waals surface area (Å²) in [4.78, 5) is 18.6. The molecule has 5 rings (SSSR count). The number of nitrogens with one attached hydrogen (secondary N) is 1. The van der Waals surface area contributed by atoms with Gasteiger partial charge in [-0.05, 0) is 45.4 Å². The quantitative estimate of drug-likeness (QED) is 0.415. The fraction of sp³-hybridized carbons (Fsp3) is 0.320. The minimum atomic E-state index is -0.506. The highest BCUT2D eigenvalue weighted by Crippen LogP contribution is 2.39. The van der Waals surface area contributed by atoms with Crippen molar-refractivity contribution in [2.24, 2.45) is 12.0 Å². The van der Waals surface area contributed by atoms with E-state index in [2.05, 4.69) is 46.6 Å². The predicted molar refractivity (Wildman–Crippen MR) is 136 cm³/mol. The van der Waals surface area contributed by atoms with Gasteiger partial charge in [0.15, 0.2) is 5.82 Å². The van der Waals surface area contributed by atoms with Crippen molar-refractivity contribution in [2.75, 3.05) is 12.4 Å². The normalized spacial score (nSPS) is 14.7. The second-order valence-electron chi connectivity index (χ2n) is 8.67. The molecule has 180 valence electrons. The van der Waals surface area contributed by atoms with E-state index in [-0.39, 0.29) is 12.4 Å². The number of hydrogen-bond donors (Lipinski definition) is 1. The van der Waals surface area contributed by atoms with Gasteiger partial charge in [-0.15, -0.1) is 21.5 Å². The van der Waals surface area contributed by atoms with Crippen LogP contribution in [0.25, 0.3) is 5.00 Å². The molecule has 0 saturated carbocycles. The molecular weight excluding hydrogens is 462 g/mol. The first-order valence-electron chi connectivity index (χ1n) is 11.3. The number of methoxy groups -OCH3 is 1. The van der Waals surface area contributed by atoms with E-state index >= 15 is 0 Å². The highest BCUT2D eigenvalue weighted by atomic mass is 32.1. The maximum atomic E-state index is 12.3. The number of esters is 1. The summed E-state index contributed by atoms with van der Waals surface area (Å²) in [5.41, 5.74) is 5.91. The van der Waals surface area contributed by atoms with E-state index in [1.54, 1.807) is 11.3 Å². The number of benzene rings is 1. The van der Waals surface area contributed by atoms with E-state index in [0.29, 0.717) is 5.82 Å². The molecule has 35 heavy (non-hydrogen) atoms. The smallest absolute Gasteiger partial charge is 0.308 e. The van der Waals surface area contributed by atoms with Crippen LogP contribution in [0, 0.1) is 27.7 Å². The van der Waals surface area contributed by atoms with Crippen molar-refractivity contribution in [1.82, 2.24) is 24.5 Å². The largest absolute Gasteiger partial charge is 0.469 e. The second kappa shape index (κ2) is 8.77. The van der Waals surface area contributed by atoms with Gasteiger partial charge in [-0.2, -0.15) is 5.10 Å². The van der Waals surface area contributed by atoms with E-state index in [1.165, 1.54) is 12.0 Å². The van der Waals surface area contributed by atoms with Gasteiger partial charge in [0.25, 0.3) is 0 Å². The SMILES string of the molecule is COC(=O)C[C@@H]1N=C(c2ccc(Nc3cc(C)nn3C)cc2)c2c(sc(C)c2C)-n2c(C)nnc21. The second-order valence-corrected chi connectivity index (χ2v) is 9.88. The first-order chi connectivity index (χ1) is 16.8. The summed E-state index contributed by atoms with van der Waals surface area (Å²) in [6.45, 7) is 8.11. The number of fused-ring (bicyclic) bond motifs is 3. The van der Waals surface area contributed by atoms with E-state index in [4.69, 9.17) is 9.73 Å². The summed E-state index contributed by atoms with van der Waals surface area (Å²) in [6.07, 6.45) is 0.0879. The number of thiophene rings is 1. The van der Waals surface area contributed by atoms with E-state index in [0.717, 1.165) is 50.4 Å². The first kappa shape index (κ1) is 23.0. The number of carbonyl (C=O) groups is 1. The zero-order valence-electron chi connectivity index (χ0n) is 20.6. The molecule has 1 atom stereocenters. The van der Waals surface area contributed by atoms with Crippen LogP contribution in [-0.2, 0) is 16.6 Å². The molecule has 1 N–H and O–H groups in total. The van der Waals surface area contributed by atoms with Crippen molar-refractivity contribution >= 4 is 34.5 Å². The molecule has 0 radical (unpaired) electrons. The third-order valence-electron chi connectivity index (χ3n) is 6.26. The Kier molecular flexibility index (Phi) is 5.76. The molecule has 0 saturated heterocycles. The Labute approximate surface area is 207 Å². The number of anilines is 2. The monoisotopic (exact) mass is 489 g/mol. The Morgan fingerprint density at radius 1 is 1.14 bits per heavy atom. The van der Waals surface area contributed by atoms with Crippen LogP contribution in [0.4, 0.5) is 11.5 Å². The van der Waals surface area contributed by atoms with Crippen LogP contribution in [0.5, 0.6) is 0 Å². The molecule has 0 spiro atoms. The molecule has 10 heteroatoms. The van der Waals surface area contributed by atoms with E-state index < -0.39 is 6.04 Å². The molecule has 1 aliphatic heterocycles. The first-order valence-corrected chi connectivity index (χ1v) is 12.1. The Balaban J connectivity index is 1.61. The van der Waals surface area contributed by atoms with Crippen LogP contribution >= 0.6 is 11.3 Å². The van der Waals surface area contributed by atoms with Gasteiger partial charge in [-0.25, -0.2) is 0 Å². The molecule has 0 aliphatic carbocycles. The van der Waals surface area contributed by atoms with Crippen LogP contribution in [0.2, 0.25) is 0 Å². The Hall–Kier alpha value is -3.79. The van der Waals surface area contributed by atoms with Crippen molar-refractivity contribution < 1.29 is 9.53 Å². The predicted octanol–water partition coefficient (Wildman–Crippen LogP) is 4.49. The fourth-order valence-electron chi connectivity index (χ4n) is 4.35. The summed E-state index contributed by atoms with van der Waals surface area (Å²) in [6, 6.07) is 9.65. The Morgan fingerprint density at radius 2 is 1.89 bits per heavy atom. The molecule has 0 bridgehead atoms. The average molecular weight is 490 g/mol. The summed E-state index contributed by atoms with van der Waals surface area (Å²) < 4.78 is 8.81. The summed E-state index contributed by atoms with van der Waals surface area (Å²) in [5, 5.41) is 17.5. The molecule has 4 heterocycles. The molecule has 0 unspecified atom stereocenters. The molecule has 1 aromatic carbocycles. The van der Waals surface area contributed by atoms with Gasteiger partial charge in [0.2, 0.25) is 0 Å². The van der Waals surface area contributed by atoms with Crippen LogP contribution < -0.4 is 5.32 Å². The van der Waals surface area contributed by atoms with Gasteiger partial charge < -0.3 is 10.1 Å². The van der Waals surface area contributed by atoms with Gasteiger partial charge >= 0.3 is 5.97 Å². The lowest BCUT2D eigenvalue weighted by Gasteiger charge is -2.12. The lowest BCUT2D eigenvalue weighted by molar-refractivity contribution is -0.141. The van der Waals surface area contributed by atoms with Crippen molar-refractivity contribution in [2.45, 2.75) is 40.2 Å². The number of nitrogens with zero attached hydrogens (tertiary/aromatic N) is 6. The fourth-order valence-corrected chi connectivity index (χ4v) is 5.57. The molecule has 0 fully saturated rings. The highest BCUT2D eigenvalue weighted by molar-refractivity contribution is 7.15. The number of ether oxygens (including phenoxy) is 1. The Morgan fingerprint density at radius 3 is 2.54 bits per heavy atom. The zero-order chi connectivity index (χ0) is 24.9. The third kappa shape index (κ3) is 4.03. The molecule has 1 aliphatic rings. The van der Waals surface area contributed by atoms with Crippen molar-refractivity contribution in [3.63, 3.8) is 0 Å². The zero-order valence-corrected chi connectivity index (χ0v) is 21.4. The number of carbonyl (C=O) groups excluding carboxylic acids is 1. The average Bonchev–Trinajstić information content (AvgIpc) is 3.43. The molecule has 0 amide bonds. The van der Waals surface area contributed by atoms with Crippen LogP contribution in [-0.4, -0.2) is 43.3 Å². The maximum Gasteiger partial charge on any atom is 0.308 e. The molecule has 9 nitrogen and oxygen atoms in total. The van der Waals surface area contributed by atoms with Crippen LogP contribution in [0.15, 0.2) is 35.3 Å². The maximum absolute atomic E-state index is 12.3. The van der Waals surface area contributed by atoms with Gasteiger partial charge in [0.1, 0.15) is 22.7 Å². The van der Waals surface area contributed by atoms with Gasteiger partial charge in [-0.3, -0.25) is 19.0 Å². The van der Waals surface area contributed by atoms with Crippen molar-refractivity contribution in [3.05, 3.63) is 69.2 Å². The summed E-state index contributed by atoms with van der Waals surface area (Å²) in [5.74, 6) is 1.99. The number of aryl methyl sites for hydroxylation is 4. The van der Waals surface area contributed by atoms with Gasteiger partial charge in [-0.1, -0.05) is 12.1 Å². The van der Waals surface area contributed by atoms with Gasteiger partial charge in [0.05, 0.1) is 24.9 Å². The molecular formula is C25H27N7O2S. The van der Waals surface area contributed by atoms with E-state index in [1.807, 2.05) is 48.3 Å². The van der Waals surface area contributed by atoms with E-state index in [9.17, 15) is 4.79 Å². The van der Waals surface area contributed by atoms with Crippen molar-refractivity contribution in [1.29, 1.82) is 0 Å². The summed E-state index contributed by atoms with van der Waals surface area (Å²) >= 11 is 1.69. The van der Waals surface area contributed by atoms with Gasteiger partial charge in [0, 0.05) is 34.8 Å². The minimum Gasteiger partial charge on any atom is -0.469 e.